The van der Waals surface area contributed by atoms with Gasteiger partial charge in [0.2, 0.25) is 0 Å². The monoisotopic (exact) mass is 293 g/mol. The number of carboxylic acids is 1. The van der Waals surface area contributed by atoms with Crippen molar-refractivity contribution in [2.75, 3.05) is 7.05 Å². The molecular weight excluding hydrogens is 278 g/mol. The molecule has 0 saturated carbocycles. The molecule has 3 nitrogen and oxygen atoms in total. The maximum Gasteiger partial charge on any atom is 0.328 e. The molecule has 0 spiro atoms. The second kappa shape index (κ2) is 6.65. The molecule has 0 fully saturated rings. The van der Waals surface area contributed by atoms with Crippen LogP contribution < -0.4 is 0 Å². The molecule has 100 valence electrons. The highest BCUT2D eigenvalue weighted by Gasteiger charge is 2.07. The maximum absolute atomic E-state index is 10.5. The highest BCUT2D eigenvalue weighted by atomic mass is 32.1. The molecule has 19 heavy (non-hydrogen) atoms. The van der Waals surface area contributed by atoms with Crippen LogP contribution >= 0.6 is 22.7 Å². The first-order valence-corrected chi connectivity index (χ1v) is 7.59. The molecule has 0 amide bonds. The van der Waals surface area contributed by atoms with E-state index >= 15 is 0 Å². The summed E-state index contributed by atoms with van der Waals surface area (Å²) in [5.74, 6) is -0.913. The van der Waals surface area contributed by atoms with Crippen LogP contribution in [0.4, 0.5) is 0 Å². The van der Waals surface area contributed by atoms with E-state index in [9.17, 15) is 4.79 Å². The first-order chi connectivity index (χ1) is 9.15. The van der Waals surface area contributed by atoms with E-state index in [1.165, 1.54) is 15.8 Å². The molecule has 0 aromatic carbocycles. The van der Waals surface area contributed by atoms with Crippen LogP contribution in [-0.4, -0.2) is 23.0 Å². The standard InChI is InChI=1S/C14H15NO2S2/c1-15(9-12-3-2-7-18-12)10-13-11(6-8-19-13)4-5-14(16)17/h2-8H,9-10H2,1H3,(H,16,17). The predicted octanol–water partition coefficient (Wildman–Crippen LogP) is 3.54. The number of hydrogen-bond acceptors (Lipinski definition) is 4. The highest BCUT2D eigenvalue weighted by Crippen LogP contribution is 2.21. The van der Waals surface area contributed by atoms with Crippen LogP contribution in [-0.2, 0) is 17.9 Å². The van der Waals surface area contributed by atoms with E-state index in [0.29, 0.717) is 0 Å². The van der Waals surface area contributed by atoms with Gasteiger partial charge in [0.1, 0.15) is 0 Å². The van der Waals surface area contributed by atoms with Crippen LogP contribution in [0.1, 0.15) is 15.3 Å². The molecule has 2 rings (SSSR count). The minimum absolute atomic E-state index is 0.828. The Morgan fingerprint density at radius 1 is 1.32 bits per heavy atom. The van der Waals surface area contributed by atoms with Crippen molar-refractivity contribution in [3.8, 4) is 0 Å². The van der Waals surface area contributed by atoms with Crippen molar-refractivity contribution >= 4 is 34.7 Å². The summed E-state index contributed by atoms with van der Waals surface area (Å²) < 4.78 is 0. The summed E-state index contributed by atoms with van der Waals surface area (Å²) >= 11 is 3.41. The fourth-order valence-corrected chi connectivity index (χ4v) is 3.49. The van der Waals surface area contributed by atoms with Gasteiger partial charge >= 0.3 is 5.97 Å². The van der Waals surface area contributed by atoms with Gasteiger partial charge in [-0.05, 0) is 41.6 Å². The highest BCUT2D eigenvalue weighted by molar-refractivity contribution is 7.10. The Labute approximate surface area is 120 Å². The predicted molar refractivity (Wildman–Crippen MR) is 80.5 cm³/mol. The summed E-state index contributed by atoms with van der Waals surface area (Å²) in [6.45, 7) is 1.74. The summed E-state index contributed by atoms with van der Waals surface area (Å²) in [5, 5.41) is 12.7. The van der Waals surface area contributed by atoms with Crippen molar-refractivity contribution in [1.82, 2.24) is 4.90 Å². The van der Waals surface area contributed by atoms with Gasteiger partial charge in [-0.2, -0.15) is 0 Å². The normalized spacial score (nSPS) is 11.5. The van der Waals surface area contributed by atoms with Crippen molar-refractivity contribution in [3.05, 3.63) is 50.4 Å². The molecule has 0 unspecified atom stereocenters. The lowest BCUT2D eigenvalue weighted by atomic mass is 10.2. The van der Waals surface area contributed by atoms with Gasteiger partial charge in [0.05, 0.1) is 0 Å². The number of thiophene rings is 2. The zero-order chi connectivity index (χ0) is 13.7. The number of rotatable bonds is 6. The molecule has 2 aromatic rings. The third-order valence-corrected chi connectivity index (χ3v) is 4.39. The largest absolute Gasteiger partial charge is 0.478 e. The lowest BCUT2D eigenvalue weighted by molar-refractivity contribution is -0.131. The molecule has 2 aromatic heterocycles. The Morgan fingerprint density at radius 3 is 2.84 bits per heavy atom. The maximum atomic E-state index is 10.5. The Morgan fingerprint density at radius 2 is 2.16 bits per heavy atom. The average molecular weight is 293 g/mol. The molecule has 2 heterocycles. The Bertz CT molecular complexity index is 558. The van der Waals surface area contributed by atoms with E-state index in [-0.39, 0.29) is 0 Å². The molecule has 0 radical (unpaired) electrons. The van der Waals surface area contributed by atoms with Gasteiger partial charge in [-0.15, -0.1) is 22.7 Å². The molecular formula is C14H15NO2S2. The summed E-state index contributed by atoms with van der Waals surface area (Å²) in [7, 11) is 2.07. The third-order valence-electron chi connectivity index (χ3n) is 2.60. The van der Waals surface area contributed by atoms with Crippen molar-refractivity contribution in [2.45, 2.75) is 13.1 Å². The van der Waals surface area contributed by atoms with Gasteiger partial charge in [0.25, 0.3) is 0 Å². The van der Waals surface area contributed by atoms with E-state index in [4.69, 9.17) is 5.11 Å². The van der Waals surface area contributed by atoms with Crippen LogP contribution in [0.5, 0.6) is 0 Å². The van der Waals surface area contributed by atoms with E-state index < -0.39 is 5.97 Å². The Hall–Kier alpha value is -1.43. The molecule has 0 aliphatic heterocycles. The second-order valence-electron chi connectivity index (χ2n) is 4.22. The minimum atomic E-state index is -0.913. The molecule has 0 aliphatic rings. The van der Waals surface area contributed by atoms with Gasteiger partial charge in [-0.1, -0.05) is 6.07 Å². The van der Waals surface area contributed by atoms with E-state index in [0.717, 1.165) is 18.7 Å². The zero-order valence-electron chi connectivity index (χ0n) is 10.6. The van der Waals surface area contributed by atoms with Gasteiger partial charge in [0, 0.05) is 28.9 Å². The van der Waals surface area contributed by atoms with Gasteiger partial charge in [-0.3, -0.25) is 4.90 Å². The summed E-state index contributed by atoms with van der Waals surface area (Å²) in [6, 6.07) is 6.14. The first kappa shape index (κ1) is 14.0. The summed E-state index contributed by atoms with van der Waals surface area (Å²) in [4.78, 5) is 15.3. The second-order valence-corrected chi connectivity index (χ2v) is 6.26. The number of aliphatic carboxylic acids is 1. The number of nitrogens with zero attached hydrogens (tertiary/aromatic N) is 1. The minimum Gasteiger partial charge on any atom is -0.478 e. The van der Waals surface area contributed by atoms with Gasteiger partial charge in [-0.25, -0.2) is 4.79 Å². The van der Waals surface area contributed by atoms with E-state index in [1.807, 2.05) is 11.4 Å². The van der Waals surface area contributed by atoms with Crippen LogP contribution in [0.2, 0.25) is 0 Å². The smallest absolute Gasteiger partial charge is 0.328 e. The van der Waals surface area contributed by atoms with E-state index in [1.54, 1.807) is 28.7 Å². The topological polar surface area (TPSA) is 40.5 Å². The van der Waals surface area contributed by atoms with Crippen molar-refractivity contribution < 1.29 is 9.90 Å². The average Bonchev–Trinajstić information content (AvgIpc) is 2.98. The third kappa shape index (κ3) is 4.31. The van der Waals surface area contributed by atoms with Crippen molar-refractivity contribution in [3.63, 3.8) is 0 Å². The van der Waals surface area contributed by atoms with Crippen molar-refractivity contribution in [1.29, 1.82) is 0 Å². The Balaban J connectivity index is 1.99. The van der Waals surface area contributed by atoms with Gasteiger partial charge < -0.3 is 5.11 Å². The quantitative estimate of drug-likeness (QED) is 0.828. The van der Waals surface area contributed by atoms with Crippen LogP contribution in [0.25, 0.3) is 6.08 Å². The van der Waals surface area contributed by atoms with Crippen LogP contribution in [0.3, 0.4) is 0 Å². The lowest BCUT2D eigenvalue weighted by Gasteiger charge is -2.15. The van der Waals surface area contributed by atoms with Crippen LogP contribution in [0, 0.1) is 0 Å². The lowest BCUT2D eigenvalue weighted by Crippen LogP contribution is -2.16. The Kier molecular flexibility index (Phi) is 4.90. The molecule has 5 heteroatoms. The fraction of sp³-hybridized carbons (Fsp3) is 0.214. The van der Waals surface area contributed by atoms with E-state index in [2.05, 4.69) is 29.5 Å². The molecule has 1 N–H and O–H groups in total. The summed E-state index contributed by atoms with van der Waals surface area (Å²) in [6.07, 6.45) is 2.85. The van der Waals surface area contributed by atoms with Gasteiger partial charge in [0.15, 0.2) is 0 Å². The SMILES string of the molecule is CN(Cc1cccs1)Cc1sccc1C=CC(=O)O. The molecule has 0 saturated heterocycles. The number of hydrogen-bond donors (Lipinski definition) is 1. The van der Waals surface area contributed by atoms with Crippen molar-refractivity contribution in [2.24, 2.45) is 0 Å². The number of carbonyl (C=O) groups is 1. The molecule has 0 aliphatic carbocycles. The first-order valence-electron chi connectivity index (χ1n) is 5.83. The number of carboxylic acid groups (broad SMARTS) is 1. The zero-order valence-corrected chi connectivity index (χ0v) is 12.2. The summed E-state index contributed by atoms with van der Waals surface area (Å²) in [5.41, 5.74) is 0.991. The fourth-order valence-electron chi connectivity index (χ4n) is 1.76. The van der Waals surface area contributed by atoms with Crippen LogP contribution in [0.15, 0.2) is 35.0 Å². The molecule has 0 bridgehead atoms. The molecule has 0 atom stereocenters.